The van der Waals surface area contributed by atoms with Crippen molar-refractivity contribution in [1.82, 2.24) is 0 Å². The van der Waals surface area contributed by atoms with Crippen LogP contribution < -0.4 is 0 Å². The first-order valence-electron chi connectivity index (χ1n) is 15.5. The predicted octanol–water partition coefficient (Wildman–Crippen LogP) is 5.64. The highest BCUT2D eigenvalue weighted by atomic mass is 16.7. The predicted molar refractivity (Wildman–Crippen MR) is 148 cm³/mol. The zero-order chi connectivity index (χ0) is 27.9. The Morgan fingerprint density at radius 1 is 1.00 bits per heavy atom. The maximum atomic E-state index is 13.2. The maximum absolute atomic E-state index is 13.2. The standard InChI is InChI=1S/C31H52O8/c1-3-4-6-13-23(38-29-16-9-11-20-36-29)18-19-24-27(39-30-17-10-12-21-37-30)22-26(33)31(24)25(32)14-7-5-8-15-28(34)35-2/h18-19,23-25,27,29-32H,3-17,20-22H2,1-2H3/t23?,24-,25?,27-,29?,30?,31-/m0/s1. The van der Waals surface area contributed by atoms with Crippen molar-refractivity contribution >= 4 is 11.8 Å². The second-order valence-electron chi connectivity index (χ2n) is 11.3. The van der Waals surface area contributed by atoms with Gasteiger partial charge in [-0.25, -0.2) is 0 Å². The number of aliphatic hydroxyl groups is 1. The highest BCUT2D eigenvalue weighted by molar-refractivity contribution is 5.85. The molecule has 224 valence electrons. The Hall–Kier alpha value is -1.32. The van der Waals surface area contributed by atoms with Crippen LogP contribution in [0, 0.1) is 11.8 Å². The van der Waals surface area contributed by atoms with E-state index in [1.165, 1.54) is 7.11 Å². The van der Waals surface area contributed by atoms with E-state index in [1.54, 1.807) is 0 Å². The summed E-state index contributed by atoms with van der Waals surface area (Å²) in [6.45, 7) is 3.60. The second-order valence-corrected chi connectivity index (χ2v) is 11.3. The van der Waals surface area contributed by atoms with Gasteiger partial charge in [0.15, 0.2) is 12.6 Å². The van der Waals surface area contributed by atoms with Crippen LogP contribution in [0.15, 0.2) is 12.2 Å². The van der Waals surface area contributed by atoms with Crippen molar-refractivity contribution in [3.05, 3.63) is 12.2 Å². The molecule has 2 aliphatic heterocycles. The molecule has 3 aliphatic rings. The van der Waals surface area contributed by atoms with Gasteiger partial charge in [0.05, 0.1) is 31.3 Å². The van der Waals surface area contributed by atoms with Gasteiger partial charge in [0.2, 0.25) is 0 Å². The monoisotopic (exact) mass is 552 g/mol. The Morgan fingerprint density at radius 2 is 1.72 bits per heavy atom. The number of carbonyl (C=O) groups is 2. The van der Waals surface area contributed by atoms with Crippen LogP contribution in [0.5, 0.6) is 0 Å². The van der Waals surface area contributed by atoms with Crippen molar-refractivity contribution in [2.75, 3.05) is 20.3 Å². The number of rotatable bonds is 17. The summed E-state index contributed by atoms with van der Waals surface area (Å²) in [4.78, 5) is 24.6. The molecule has 1 aliphatic carbocycles. The zero-order valence-corrected chi connectivity index (χ0v) is 24.2. The van der Waals surface area contributed by atoms with Gasteiger partial charge in [-0.1, -0.05) is 51.2 Å². The van der Waals surface area contributed by atoms with Crippen LogP contribution in [-0.4, -0.2) is 68.1 Å². The molecule has 8 heteroatoms. The van der Waals surface area contributed by atoms with Gasteiger partial charge in [-0.3, -0.25) is 9.59 Å². The number of hydrogen-bond acceptors (Lipinski definition) is 8. The van der Waals surface area contributed by atoms with Crippen LogP contribution in [0.4, 0.5) is 0 Å². The van der Waals surface area contributed by atoms with E-state index in [-0.39, 0.29) is 48.9 Å². The van der Waals surface area contributed by atoms with Crippen LogP contribution >= 0.6 is 0 Å². The summed E-state index contributed by atoms with van der Waals surface area (Å²) in [5, 5.41) is 11.2. The van der Waals surface area contributed by atoms with Gasteiger partial charge >= 0.3 is 5.97 Å². The number of esters is 1. The van der Waals surface area contributed by atoms with Crippen molar-refractivity contribution in [2.45, 2.75) is 141 Å². The maximum Gasteiger partial charge on any atom is 0.305 e. The summed E-state index contributed by atoms with van der Waals surface area (Å²) in [5.74, 6) is -0.923. The molecule has 0 aromatic carbocycles. The molecule has 0 radical (unpaired) electrons. The van der Waals surface area contributed by atoms with Crippen molar-refractivity contribution in [3.63, 3.8) is 0 Å². The molecule has 2 saturated heterocycles. The Balaban J connectivity index is 1.67. The summed E-state index contributed by atoms with van der Waals surface area (Å²) in [7, 11) is 1.39. The van der Waals surface area contributed by atoms with Crippen molar-refractivity contribution < 1.29 is 38.4 Å². The molecule has 39 heavy (non-hydrogen) atoms. The topological polar surface area (TPSA) is 101 Å². The third kappa shape index (κ3) is 11.2. The number of Topliss-reactive ketones (excluding diaryl/α,β-unsaturated/α-hetero) is 1. The van der Waals surface area contributed by atoms with Gasteiger partial charge in [-0.15, -0.1) is 0 Å². The molecule has 0 aromatic rings. The largest absolute Gasteiger partial charge is 0.469 e. The molecule has 3 fully saturated rings. The molecule has 2 heterocycles. The fourth-order valence-electron chi connectivity index (χ4n) is 5.94. The molecule has 0 aromatic heterocycles. The third-order valence-corrected chi connectivity index (χ3v) is 8.21. The number of methoxy groups -OCH3 is 1. The minimum Gasteiger partial charge on any atom is -0.469 e. The average Bonchev–Trinajstić information content (AvgIpc) is 3.26. The van der Waals surface area contributed by atoms with E-state index in [1.807, 2.05) is 0 Å². The summed E-state index contributed by atoms with van der Waals surface area (Å²) >= 11 is 0. The Morgan fingerprint density at radius 3 is 2.38 bits per heavy atom. The quantitative estimate of drug-likeness (QED) is 0.141. The number of carbonyl (C=O) groups excluding carboxylic acids is 2. The summed E-state index contributed by atoms with van der Waals surface area (Å²) < 4.78 is 29.1. The van der Waals surface area contributed by atoms with E-state index < -0.39 is 12.0 Å². The van der Waals surface area contributed by atoms with Gasteiger partial charge in [0.25, 0.3) is 0 Å². The molecule has 0 amide bonds. The fourth-order valence-corrected chi connectivity index (χ4v) is 5.94. The molecular formula is C31H52O8. The first kappa shape index (κ1) is 32.2. The molecule has 0 bridgehead atoms. The minimum absolute atomic E-state index is 0.0478. The molecule has 3 rings (SSSR count). The third-order valence-electron chi connectivity index (χ3n) is 8.21. The summed E-state index contributed by atoms with van der Waals surface area (Å²) in [6, 6.07) is 0. The van der Waals surface area contributed by atoms with Crippen molar-refractivity contribution in [1.29, 1.82) is 0 Å². The highest BCUT2D eigenvalue weighted by Gasteiger charge is 2.46. The van der Waals surface area contributed by atoms with E-state index in [2.05, 4.69) is 19.1 Å². The van der Waals surface area contributed by atoms with Gasteiger partial charge in [0.1, 0.15) is 5.78 Å². The number of unbranched alkanes of at least 4 members (excludes halogenated alkanes) is 4. The summed E-state index contributed by atoms with van der Waals surface area (Å²) in [6.07, 6.45) is 16.2. The van der Waals surface area contributed by atoms with Crippen LogP contribution in [0.1, 0.15) is 110 Å². The molecule has 7 atom stereocenters. The van der Waals surface area contributed by atoms with Gasteiger partial charge in [-0.05, 0) is 57.8 Å². The lowest BCUT2D eigenvalue weighted by molar-refractivity contribution is -0.193. The number of hydrogen-bond donors (Lipinski definition) is 1. The lowest BCUT2D eigenvalue weighted by Gasteiger charge is -2.30. The molecular weight excluding hydrogens is 500 g/mol. The van der Waals surface area contributed by atoms with Crippen molar-refractivity contribution in [3.8, 4) is 0 Å². The molecule has 4 unspecified atom stereocenters. The van der Waals surface area contributed by atoms with E-state index in [0.717, 1.165) is 83.7 Å². The smallest absolute Gasteiger partial charge is 0.305 e. The lowest BCUT2D eigenvalue weighted by atomic mass is 9.86. The fraction of sp³-hybridized carbons (Fsp3) is 0.871. The Bertz CT molecular complexity index is 728. The highest BCUT2D eigenvalue weighted by Crippen LogP contribution is 2.38. The average molecular weight is 553 g/mol. The minimum atomic E-state index is -0.757. The van der Waals surface area contributed by atoms with Gasteiger partial charge in [0, 0.05) is 32.0 Å². The first-order chi connectivity index (χ1) is 19.0. The normalized spacial score (nSPS) is 29.5. The van der Waals surface area contributed by atoms with Crippen LogP contribution in [0.2, 0.25) is 0 Å². The number of aliphatic hydroxyl groups excluding tert-OH is 1. The van der Waals surface area contributed by atoms with Crippen LogP contribution in [0.3, 0.4) is 0 Å². The number of ketones is 1. The first-order valence-corrected chi connectivity index (χ1v) is 15.5. The van der Waals surface area contributed by atoms with E-state index in [4.69, 9.17) is 23.7 Å². The molecule has 8 nitrogen and oxygen atoms in total. The Labute approximate surface area is 235 Å². The Kier molecular flexibility index (Phi) is 15.0. The van der Waals surface area contributed by atoms with Crippen molar-refractivity contribution in [2.24, 2.45) is 11.8 Å². The van der Waals surface area contributed by atoms with Gasteiger partial charge in [-0.2, -0.15) is 0 Å². The molecule has 0 spiro atoms. The van der Waals surface area contributed by atoms with Crippen LogP contribution in [0.25, 0.3) is 0 Å². The second kappa shape index (κ2) is 18.2. The van der Waals surface area contributed by atoms with E-state index >= 15 is 0 Å². The lowest BCUT2D eigenvalue weighted by Crippen LogP contribution is -2.34. The number of ether oxygens (including phenoxy) is 5. The van der Waals surface area contributed by atoms with Gasteiger partial charge < -0.3 is 28.8 Å². The van der Waals surface area contributed by atoms with Crippen LogP contribution in [-0.2, 0) is 33.3 Å². The summed E-state index contributed by atoms with van der Waals surface area (Å²) in [5.41, 5.74) is 0. The molecule has 1 saturated carbocycles. The van der Waals surface area contributed by atoms with E-state index in [9.17, 15) is 14.7 Å². The molecule has 1 N–H and O–H groups in total. The zero-order valence-electron chi connectivity index (χ0n) is 24.2. The van der Waals surface area contributed by atoms with E-state index in [0.29, 0.717) is 25.9 Å². The SMILES string of the molecule is CCCCCC(C=C[C@H]1[C@@H](OC2CCCCO2)CC(=O)[C@@H]1C(O)CCCCCC(=O)OC)OC1CCCCO1.